The number of piperidine rings is 1. The molecule has 1 saturated carbocycles. The molecule has 1 aliphatic heterocycles. The summed E-state index contributed by atoms with van der Waals surface area (Å²) in [6, 6.07) is 0.471. The van der Waals surface area contributed by atoms with Crippen molar-refractivity contribution in [3.8, 4) is 11.3 Å². The van der Waals surface area contributed by atoms with Crippen molar-refractivity contribution in [2.24, 2.45) is 13.0 Å². The van der Waals surface area contributed by atoms with Crippen molar-refractivity contribution < 1.29 is 0 Å². The van der Waals surface area contributed by atoms with Crippen LogP contribution in [0.25, 0.3) is 22.6 Å². The fraction of sp³-hybridized carbons (Fsp3) is 0.556. The van der Waals surface area contributed by atoms with Crippen LogP contribution in [0.15, 0.2) is 24.9 Å². The lowest BCUT2D eigenvalue weighted by atomic mass is 10.0. The van der Waals surface area contributed by atoms with Crippen molar-refractivity contribution in [1.29, 1.82) is 0 Å². The van der Waals surface area contributed by atoms with Crippen molar-refractivity contribution in [1.82, 2.24) is 34.2 Å². The summed E-state index contributed by atoms with van der Waals surface area (Å²) >= 11 is 0. The quantitative estimate of drug-likeness (QED) is 0.731. The van der Waals surface area contributed by atoms with Crippen LogP contribution >= 0.6 is 0 Å². The van der Waals surface area contributed by atoms with Crippen LogP contribution in [-0.4, -0.2) is 53.8 Å². The molecule has 0 amide bonds. The van der Waals surface area contributed by atoms with Crippen LogP contribution in [0.3, 0.4) is 0 Å². The Morgan fingerprint density at radius 1 is 1.08 bits per heavy atom. The molecule has 0 unspecified atom stereocenters. The van der Waals surface area contributed by atoms with Gasteiger partial charge in [-0.05, 0) is 31.6 Å². The Labute approximate surface area is 146 Å². The van der Waals surface area contributed by atoms with E-state index in [1.54, 1.807) is 10.9 Å². The van der Waals surface area contributed by atoms with E-state index >= 15 is 0 Å². The molecule has 7 nitrogen and oxygen atoms in total. The maximum Gasteiger partial charge on any atom is 0.197 e. The van der Waals surface area contributed by atoms with E-state index < -0.39 is 0 Å². The highest BCUT2D eigenvalue weighted by Crippen LogP contribution is 2.32. The summed E-state index contributed by atoms with van der Waals surface area (Å²) in [6.45, 7) is 3.65. The molecular weight excluding hydrogens is 314 g/mol. The van der Waals surface area contributed by atoms with Crippen molar-refractivity contribution >= 4 is 11.3 Å². The molecule has 25 heavy (non-hydrogen) atoms. The van der Waals surface area contributed by atoms with Gasteiger partial charge in [0.05, 0.1) is 24.4 Å². The molecule has 0 bridgehead atoms. The van der Waals surface area contributed by atoms with E-state index in [0.29, 0.717) is 6.04 Å². The summed E-state index contributed by atoms with van der Waals surface area (Å²) < 4.78 is 4.02. The molecule has 3 aromatic rings. The van der Waals surface area contributed by atoms with E-state index in [1.165, 1.54) is 32.5 Å². The predicted molar refractivity (Wildman–Crippen MR) is 95.0 cm³/mol. The minimum Gasteiger partial charge on any atom is -0.311 e. The summed E-state index contributed by atoms with van der Waals surface area (Å²) in [5.41, 5.74) is 3.47. The topological polar surface area (TPSA) is 64.7 Å². The van der Waals surface area contributed by atoms with Crippen LogP contribution < -0.4 is 0 Å². The zero-order valence-corrected chi connectivity index (χ0v) is 14.5. The van der Waals surface area contributed by atoms with E-state index in [2.05, 4.69) is 24.5 Å². The number of rotatable bonds is 4. The van der Waals surface area contributed by atoms with Gasteiger partial charge >= 0.3 is 0 Å². The van der Waals surface area contributed by atoms with E-state index in [4.69, 9.17) is 4.98 Å². The number of aryl methyl sites for hydroxylation is 1. The van der Waals surface area contributed by atoms with E-state index in [0.717, 1.165) is 41.3 Å². The molecule has 3 aromatic heterocycles. The third-order valence-electron chi connectivity index (χ3n) is 5.45. The average Bonchev–Trinajstić information content (AvgIpc) is 3.17. The van der Waals surface area contributed by atoms with Crippen LogP contribution in [0.2, 0.25) is 0 Å². The van der Waals surface area contributed by atoms with Crippen molar-refractivity contribution in [2.45, 2.75) is 31.7 Å². The molecule has 2 fully saturated rings. The fourth-order valence-electron chi connectivity index (χ4n) is 3.81. The lowest BCUT2D eigenvalue weighted by Gasteiger charge is -2.32. The fourth-order valence-corrected chi connectivity index (χ4v) is 3.81. The smallest absolute Gasteiger partial charge is 0.197 e. The molecular formula is C18H23N7. The number of hydrogen-bond acceptors (Lipinski definition) is 5. The van der Waals surface area contributed by atoms with Crippen LogP contribution in [0.5, 0.6) is 0 Å². The molecule has 5 rings (SSSR count). The van der Waals surface area contributed by atoms with E-state index in [9.17, 15) is 0 Å². The van der Waals surface area contributed by atoms with Crippen LogP contribution in [0, 0.1) is 5.92 Å². The van der Waals surface area contributed by atoms with Gasteiger partial charge in [-0.2, -0.15) is 5.10 Å². The first kappa shape index (κ1) is 15.0. The molecule has 2 aliphatic rings. The monoisotopic (exact) mass is 337 g/mol. The predicted octanol–water partition coefficient (Wildman–Crippen LogP) is 2.27. The number of imidazole rings is 1. The van der Waals surface area contributed by atoms with Gasteiger partial charge in [0.25, 0.3) is 0 Å². The SMILES string of the molecule is Cn1cc(-c2cnc3ncn(C4CCN(CC5CC5)CC4)c3n2)cn1. The Kier molecular flexibility index (Phi) is 3.55. The number of likely N-dealkylation sites (tertiary alicyclic amines) is 1. The molecule has 0 radical (unpaired) electrons. The summed E-state index contributed by atoms with van der Waals surface area (Å²) in [6.07, 6.45) is 12.7. The van der Waals surface area contributed by atoms with Gasteiger partial charge in [-0.3, -0.25) is 4.68 Å². The Bertz CT molecular complexity index is 884. The summed E-state index contributed by atoms with van der Waals surface area (Å²) in [4.78, 5) is 16.4. The molecule has 0 aromatic carbocycles. The lowest BCUT2D eigenvalue weighted by molar-refractivity contribution is 0.182. The average molecular weight is 337 g/mol. The number of aromatic nitrogens is 6. The zero-order chi connectivity index (χ0) is 16.8. The molecule has 0 spiro atoms. The van der Waals surface area contributed by atoms with Crippen LogP contribution in [0.4, 0.5) is 0 Å². The molecule has 7 heteroatoms. The number of hydrogen-bond donors (Lipinski definition) is 0. The molecule has 0 N–H and O–H groups in total. The number of nitrogens with zero attached hydrogens (tertiary/aromatic N) is 7. The van der Waals surface area contributed by atoms with Crippen LogP contribution in [-0.2, 0) is 7.05 Å². The van der Waals surface area contributed by atoms with Gasteiger partial charge in [0, 0.05) is 44.5 Å². The normalized spacial score (nSPS) is 19.7. The standard InChI is InChI=1S/C18H23N7/c1-23-11-14(8-21-23)16-9-19-17-18(22-16)25(12-20-17)15-4-6-24(7-5-15)10-13-2-3-13/h8-9,11-13,15H,2-7,10H2,1H3. The van der Waals surface area contributed by atoms with Gasteiger partial charge in [0.15, 0.2) is 11.3 Å². The highest BCUT2D eigenvalue weighted by Gasteiger charge is 2.28. The van der Waals surface area contributed by atoms with Crippen molar-refractivity contribution in [3.05, 3.63) is 24.9 Å². The van der Waals surface area contributed by atoms with E-state index in [-0.39, 0.29) is 0 Å². The largest absolute Gasteiger partial charge is 0.311 e. The highest BCUT2D eigenvalue weighted by molar-refractivity contribution is 5.70. The first-order valence-corrected chi connectivity index (χ1v) is 9.17. The Balaban J connectivity index is 1.39. The molecule has 0 atom stereocenters. The molecule has 130 valence electrons. The Morgan fingerprint density at radius 3 is 2.64 bits per heavy atom. The summed E-state index contributed by atoms with van der Waals surface area (Å²) in [5.74, 6) is 0.971. The molecule has 4 heterocycles. The maximum atomic E-state index is 4.84. The van der Waals surface area contributed by atoms with Gasteiger partial charge in [-0.1, -0.05) is 0 Å². The van der Waals surface area contributed by atoms with Crippen LogP contribution in [0.1, 0.15) is 31.7 Å². The Morgan fingerprint density at radius 2 is 1.92 bits per heavy atom. The van der Waals surface area contributed by atoms with Gasteiger partial charge in [-0.15, -0.1) is 0 Å². The second kappa shape index (κ2) is 5.91. The third-order valence-corrected chi connectivity index (χ3v) is 5.45. The molecule has 1 saturated heterocycles. The number of fused-ring (bicyclic) bond motifs is 1. The second-order valence-corrected chi connectivity index (χ2v) is 7.43. The minimum absolute atomic E-state index is 0.471. The van der Waals surface area contributed by atoms with Gasteiger partial charge in [-0.25, -0.2) is 15.0 Å². The van der Waals surface area contributed by atoms with Gasteiger partial charge < -0.3 is 9.47 Å². The Hall–Kier alpha value is -2.28. The molecule has 1 aliphatic carbocycles. The van der Waals surface area contributed by atoms with Gasteiger partial charge in [0.2, 0.25) is 0 Å². The van der Waals surface area contributed by atoms with Gasteiger partial charge in [0.1, 0.15) is 0 Å². The summed E-state index contributed by atoms with van der Waals surface area (Å²) in [7, 11) is 1.91. The minimum atomic E-state index is 0.471. The van der Waals surface area contributed by atoms with E-state index in [1.807, 2.05) is 25.8 Å². The maximum absolute atomic E-state index is 4.84. The lowest BCUT2D eigenvalue weighted by Crippen LogP contribution is -2.35. The van der Waals surface area contributed by atoms with Crippen molar-refractivity contribution in [3.63, 3.8) is 0 Å². The highest BCUT2D eigenvalue weighted by atomic mass is 15.2. The van der Waals surface area contributed by atoms with Crippen molar-refractivity contribution in [2.75, 3.05) is 19.6 Å². The zero-order valence-electron chi connectivity index (χ0n) is 14.5. The first-order valence-electron chi connectivity index (χ1n) is 9.17. The third kappa shape index (κ3) is 2.93. The second-order valence-electron chi connectivity index (χ2n) is 7.43. The summed E-state index contributed by atoms with van der Waals surface area (Å²) in [5, 5.41) is 4.23. The first-order chi connectivity index (χ1) is 12.3.